The molecule has 0 amide bonds. The number of rotatable bonds is 3. The molecule has 1 N–H and O–H groups in total. The summed E-state index contributed by atoms with van der Waals surface area (Å²) in [4.78, 5) is 34.1. The fourth-order valence-corrected chi connectivity index (χ4v) is 1.72. The van der Waals surface area contributed by atoms with Crippen molar-refractivity contribution < 1.29 is 14.4 Å². The Morgan fingerprint density at radius 1 is 1.33 bits per heavy atom. The van der Waals surface area contributed by atoms with Crippen LogP contribution in [0.25, 0.3) is 11.0 Å². The van der Waals surface area contributed by atoms with Gasteiger partial charge in [-0.3, -0.25) is 18.7 Å². The fraction of sp³-hybridized carbons (Fsp3) is 0.400. The summed E-state index contributed by atoms with van der Waals surface area (Å²) in [6.07, 6.45) is -0.116. The van der Waals surface area contributed by atoms with Crippen LogP contribution >= 0.6 is 0 Å². The lowest BCUT2D eigenvalue weighted by atomic mass is 10.2. The first kappa shape index (κ1) is 12.1. The van der Waals surface area contributed by atoms with E-state index in [1.54, 1.807) is 0 Å². The molecule has 0 unspecified atom stereocenters. The lowest BCUT2D eigenvalue weighted by Crippen LogP contribution is -2.37. The van der Waals surface area contributed by atoms with Gasteiger partial charge in [-0.1, -0.05) is 5.16 Å². The van der Waals surface area contributed by atoms with Crippen molar-refractivity contribution in [3.8, 4) is 0 Å². The van der Waals surface area contributed by atoms with Gasteiger partial charge in [-0.15, -0.1) is 0 Å². The van der Waals surface area contributed by atoms with Crippen LogP contribution in [0, 0.1) is 0 Å². The lowest BCUT2D eigenvalue weighted by Gasteiger charge is -2.01. The molecule has 8 nitrogen and oxygen atoms in total. The molecule has 0 aliphatic heterocycles. The van der Waals surface area contributed by atoms with Crippen molar-refractivity contribution in [3.63, 3.8) is 0 Å². The van der Waals surface area contributed by atoms with E-state index in [0.717, 1.165) is 4.57 Å². The van der Waals surface area contributed by atoms with Gasteiger partial charge in [0.15, 0.2) is 11.4 Å². The van der Waals surface area contributed by atoms with E-state index in [1.807, 2.05) is 0 Å². The SMILES string of the molecule is Cn1c(=O)c2c(CCC(=O)O)onc2n(C)c1=O. The maximum absolute atomic E-state index is 11.9. The predicted molar refractivity (Wildman–Crippen MR) is 60.4 cm³/mol. The van der Waals surface area contributed by atoms with Crippen LogP contribution in [0.15, 0.2) is 14.1 Å². The zero-order chi connectivity index (χ0) is 13.4. The van der Waals surface area contributed by atoms with Crippen molar-refractivity contribution >= 4 is 17.0 Å². The lowest BCUT2D eigenvalue weighted by molar-refractivity contribution is -0.137. The summed E-state index contributed by atoms with van der Waals surface area (Å²) < 4.78 is 7.07. The number of aromatic nitrogens is 3. The smallest absolute Gasteiger partial charge is 0.332 e. The van der Waals surface area contributed by atoms with Crippen LogP contribution in [0.2, 0.25) is 0 Å². The zero-order valence-electron chi connectivity index (χ0n) is 9.84. The average molecular weight is 253 g/mol. The molecule has 0 aliphatic carbocycles. The number of carbonyl (C=O) groups is 1. The Labute approximate surface area is 100 Å². The summed E-state index contributed by atoms with van der Waals surface area (Å²) in [5.41, 5.74) is -0.913. The van der Waals surface area contributed by atoms with E-state index >= 15 is 0 Å². The molecule has 0 bridgehead atoms. The Kier molecular flexibility index (Phi) is 2.77. The number of carboxylic acid groups (broad SMARTS) is 1. The van der Waals surface area contributed by atoms with Gasteiger partial charge < -0.3 is 9.63 Å². The summed E-state index contributed by atoms with van der Waals surface area (Å²) in [5.74, 6) is -0.815. The second-order valence-electron chi connectivity index (χ2n) is 3.90. The highest BCUT2D eigenvalue weighted by Crippen LogP contribution is 2.13. The van der Waals surface area contributed by atoms with Gasteiger partial charge in [-0.2, -0.15) is 0 Å². The summed E-state index contributed by atoms with van der Waals surface area (Å²) in [7, 11) is 2.81. The molecule has 0 atom stereocenters. The number of aliphatic carboxylic acids is 1. The molecular formula is C10H11N3O5. The number of carboxylic acids is 1. The normalized spacial score (nSPS) is 11.0. The maximum atomic E-state index is 11.9. The van der Waals surface area contributed by atoms with Crippen molar-refractivity contribution in [1.29, 1.82) is 0 Å². The van der Waals surface area contributed by atoms with E-state index in [1.165, 1.54) is 18.7 Å². The van der Waals surface area contributed by atoms with Crippen molar-refractivity contribution in [2.24, 2.45) is 14.1 Å². The van der Waals surface area contributed by atoms with Crippen molar-refractivity contribution in [3.05, 3.63) is 26.6 Å². The minimum atomic E-state index is -0.999. The third-order valence-electron chi connectivity index (χ3n) is 2.72. The molecule has 2 heterocycles. The second kappa shape index (κ2) is 4.13. The highest BCUT2D eigenvalue weighted by molar-refractivity contribution is 5.76. The summed E-state index contributed by atoms with van der Waals surface area (Å²) in [6, 6.07) is 0. The van der Waals surface area contributed by atoms with E-state index in [9.17, 15) is 14.4 Å². The van der Waals surface area contributed by atoms with Crippen LogP contribution in [0.5, 0.6) is 0 Å². The zero-order valence-corrected chi connectivity index (χ0v) is 9.84. The van der Waals surface area contributed by atoms with Gasteiger partial charge in [0.25, 0.3) is 5.56 Å². The van der Waals surface area contributed by atoms with Gasteiger partial charge in [0.1, 0.15) is 5.39 Å². The molecule has 0 fully saturated rings. The molecule has 0 aliphatic rings. The Morgan fingerprint density at radius 2 is 2.00 bits per heavy atom. The van der Waals surface area contributed by atoms with Gasteiger partial charge in [0.05, 0.1) is 6.42 Å². The van der Waals surface area contributed by atoms with Crippen molar-refractivity contribution in [2.45, 2.75) is 12.8 Å². The number of fused-ring (bicyclic) bond motifs is 1. The predicted octanol–water partition coefficient (Wildman–Crippen LogP) is -0.758. The van der Waals surface area contributed by atoms with Gasteiger partial charge in [0.2, 0.25) is 0 Å². The summed E-state index contributed by atoms with van der Waals surface area (Å²) in [6.45, 7) is 0. The molecule has 0 radical (unpaired) electrons. The van der Waals surface area contributed by atoms with Crippen LogP contribution in [0.4, 0.5) is 0 Å². The number of hydrogen-bond donors (Lipinski definition) is 1. The number of nitrogens with zero attached hydrogens (tertiary/aromatic N) is 3. The maximum Gasteiger partial charge on any atom is 0.332 e. The molecule has 0 spiro atoms. The number of aryl methyl sites for hydroxylation is 2. The molecule has 2 aromatic heterocycles. The largest absolute Gasteiger partial charge is 0.481 e. The number of hydrogen-bond acceptors (Lipinski definition) is 5. The first-order valence-electron chi connectivity index (χ1n) is 5.19. The molecule has 8 heteroatoms. The van der Waals surface area contributed by atoms with Crippen molar-refractivity contribution in [1.82, 2.24) is 14.3 Å². The topological polar surface area (TPSA) is 107 Å². The Balaban J connectivity index is 2.70. The summed E-state index contributed by atoms with van der Waals surface area (Å²) in [5, 5.41) is 12.4. The minimum Gasteiger partial charge on any atom is -0.481 e. The van der Waals surface area contributed by atoms with Gasteiger partial charge in [-0.05, 0) is 0 Å². The standard InChI is InChI=1S/C10H11N3O5/c1-12-8-7(9(16)13(2)10(12)17)5(18-11-8)3-4-6(14)15/h3-4H2,1-2H3,(H,14,15). The monoisotopic (exact) mass is 253 g/mol. The molecule has 18 heavy (non-hydrogen) atoms. The van der Waals surface area contributed by atoms with E-state index < -0.39 is 17.2 Å². The molecule has 0 aromatic carbocycles. The Morgan fingerprint density at radius 3 is 2.61 bits per heavy atom. The first-order valence-corrected chi connectivity index (χ1v) is 5.19. The first-order chi connectivity index (χ1) is 8.43. The molecule has 2 aromatic rings. The molecule has 2 rings (SSSR count). The Bertz CT molecular complexity index is 736. The highest BCUT2D eigenvalue weighted by atomic mass is 16.5. The van der Waals surface area contributed by atoms with Crippen LogP contribution < -0.4 is 11.2 Å². The van der Waals surface area contributed by atoms with E-state index in [4.69, 9.17) is 9.63 Å². The molecule has 0 saturated heterocycles. The van der Waals surface area contributed by atoms with Crippen LogP contribution in [-0.4, -0.2) is 25.4 Å². The molecule has 96 valence electrons. The third-order valence-corrected chi connectivity index (χ3v) is 2.72. The highest BCUT2D eigenvalue weighted by Gasteiger charge is 2.18. The van der Waals surface area contributed by atoms with E-state index in [2.05, 4.69) is 5.16 Å². The summed E-state index contributed by atoms with van der Waals surface area (Å²) >= 11 is 0. The van der Waals surface area contributed by atoms with Crippen LogP contribution in [0.1, 0.15) is 12.2 Å². The van der Waals surface area contributed by atoms with Gasteiger partial charge >= 0.3 is 11.7 Å². The van der Waals surface area contributed by atoms with Gasteiger partial charge in [0, 0.05) is 20.5 Å². The van der Waals surface area contributed by atoms with Gasteiger partial charge in [-0.25, -0.2) is 4.79 Å². The fourth-order valence-electron chi connectivity index (χ4n) is 1.72. The third kappa shape index (κ3) is 1.71. The van der Waals surface area contributed by atoms with Crippen molar-refractivity contribution in [2.75, 3.05) is 0 Å². The molecule has 0 saturated carbocycles. The van der Waals surface area contributed by atoms with E-state index in [-0.39, 0.29) is 29.6 Å². The van der Waals surface area contributed by atoms with E-state index in [0.29, 0.717) is 0 Å². The quantitative estimate of drug-likeness (QED) is 0.770. The Hall–Kier alpha value is -2.38. The average Bonchev–Trinajstić information content (AvgIpc) is 2.75. The molecular weight excluding hydrogens is 242 g/mol. The second-order valence-corrected chi connectivity index (χ2v) is 3.90. The van der Waals surface area contributed by atoms with Crippen LogP contribution in [-0.2, 0) is 25.3 Å². The minimum absolute atomic E-state index is 0.0548. The van der Waals surface area contributed by atoms with Crippen LogP contribution in [0.3, 0.4) is 0 Å².